The highest BCUT2D eigenvalue weighted by Gasteiger charge is 2.22. The lowest BCUT2D eigenvalue weighted by Gasteiger charge is -2.26. The summed E-state index contributed by atoms with van der Waals surface area (Å²) >= 11 is 0. The summed E-state index contributed by atoms with van der Waals surface area (Å²) in [6, 6.07) is 58.7. The summed E-state index contributed by atoms with van der Waals surface area (Å²) in [6.07, 6.45) is 1.77. The zero-order valence-electron chi connectivity index (χ0n) is 26.0. The lowest BCUT2D eigenvalue weighted by atomic mass is 9.97. The predicted molar refractivity (Wildman–Crippen MR) is 199 cm³/mol. The van der Waals surface area contributed by atoms with Crippen LogP contribution in [0.5, 0.6) is 0 Å². The van der Waals surface area contributed by atoms with Gasteiger partial charge in [-0.1, -0.05) is 103 Å². The highest BCUT2D eigenvalue weighted by molar-refractivity contribution is 6.15. The van der Waals surface area contributed by atoms with Crippen LogP contribution in [-0.4, -0.2) is 4.98 Å². The molecule has 1 aliphatic carbocycles. The Kier molecular flexibility index (Phi) is 5.87. The molecule has 2 heterocycles. The quantitative estimate of drug-likeness (QED) is 0.194. The predicted octanol–water partition coefficient (Wildman–Crippen LogP) is 12.6. The van der Waals surface area contributed by atoms with Crippen molar-refractivity contribution in [2.75, 3.05) is 4.90 Å². The summed E-state index contributed by atoms with van der Waals surface area (Å²) in [6.45, 7) is 0. The first kappa shape index (κ1) is 26.7. The van der Waals surface area contributed by atoms with Crippen LogP contribution in [0.15, 0.2) is 174 Å². The van der Waals surface area contributed by atoms with Crippen LogP contribution in [0.3, 0.4) is 0 Å². The third-order valence-corrected chi connectivity index (χ3v) is 9.69. The summed E-state index contributed by atoms with van der Waals surface area (Å²) in [4.78, 5) is 6.74. The highest BCUT2D eigenvalue weighted by atomic mass is 16.3. The van der Waals surface area contributed by atoms with Crippen LogP contribution in [0.4, 0.5) is 17.1 Å². The van der Waals surface area contributed by atoms with Crippen molar-refractivity contribution >= 4 is 49.9 Å². The standard InChI is InChI=1S/C45H28N2O/c1-2-7-29(8-3-1)30-14-19-34(20-15-30)47(36-23-25-38-41-13-6-26-46-45(41)48-43(38)28-36)35-21-16-31(17-22-35)33-18-24-37-39-11-4-9-32-10-5-12-40(44(32)39)42(37)27-33/h1-28H. The van der Waals surface area contributed by atoms with E-state index >= 15 is 0 Å². The fourth-order valence-corrected chi connectivity index (χ4v) is 7.39. The van der Waals surface area contributed by atoms with Gasteiger partial charge in [0.05, 0.1) is 0 Å². The van der Waals surface area contributed by atoms with Crippen LogP contribution in [0.1, 0.15) is 0 Å². The molecule has 0 saturated carbocycles. The van der Waals surface area contributed by atoms with Crippen molar-refractivity contribution in [1.29, 1.82) is 0 Å². The molecule has 0 unspecified atom stereocenters. The van der Waals surface area contributed by atoms with E-state index in [0.717, 1.165) is 33.4 Å². The van der Waals surface area contributed by atoms with Crippen molar-refractivity contribution in [3.05, 3.63) is 170 Å². The van der Waals surface area contributed by atoms with Crippen molar-refractivity contribution in [3.8, 4) is 44.5 Å². The van der Waals surface area contributed by atoms with Gasteiger partial charge in [0, 0.05) is 40.1 Å². The molecule has 224 valence electrons. The molecule has 0 fully saturated rings. The molecule has 48 heavy (non-hydrogen) atoms. The first-order valence-electron chi connectivity index (χ1n) is 16.3. The molecule has 0 N–H and O–H groups in total. The zero-order valence-corrected chi connectivity index (χ0v) is 26.0. The van der Waals surface area contributed by atoms with Crippen molar-refractivity contribution in [2.45, 2.75) is 0 Å². The summed E-state index contributed by atoms with van der Waals surface area (Å²) in [5, 5.41) is 4.73. The van der Waals surface area contributed by atoms with E-state index in [1.807, 2.05) is 6.07 Å². The molecule has 9 aromatic rings. The minimum atomic E-state index is 0.654. The maximum absolute atomic E-state index is 6.21. The lowest BCUT2D eigenvalue weighted by Crippen LogP contribution is -2.09. The molecule has 0 bridgehead atoms. The van der Waals surface area contributed by atoms with Crippen LogP contribution in [-0.2, 0) is 0 Å². The average Bonchev–Trinajstić information content (AvgIpc) is 3.69. The number of aromatic nitrogens is 1. The maximum atomic E-state index is 6.21. The molecule has 10 rings (SSSR count). The number of hydrogen-bond donors (Lipinski definition) is 0. The Morgan fingerprint density at radius 3 is 1.81 bits per heavy atom. The largest absolute Gasteiger partial charge is 0.438 e. The second-order valence-corrected chi connectivity index (χ2v) is 12.4. The van der Waals surface area contributed by atoms with E-state index in [9.17, 15) is 0 Å². The molecule has 3 heteroatoms. The lowest BCUT2D eigenvalue weighted by molar-refractivity contribution is 0.654. The number of rotatable bonds is 5. The van der Waals surface area contributed by atoms with E-state index in [4.69, 9.17) is 4.42 Å². The van der Waals surface area contributed by atoms with E-state index in [0.29, 0.717) is 5.71 Å². The third kappa shape index (κ3) is 4.18. The molecule has 1 aliphatic rings. The van der Waals surface area contributed by atoms with E-state index in [2.05, 4.69) is 168 Å². The second-order valence-electron chi connectivity index (χ2n) is 12.4. The van der Waals surface area contributed by atoms with Crippen LogP contribution < -0.4 is 4.90 Å². The number of benzene rings is 7. The van der Waals surface area contributed by atoms with Crippen molar-refractivity contribution in [1.82, 2.24) is 4.98 Å². The van der Waals surface area contributed by atoms with Crippen LogP contribution in [0, 0.1) is 0 Å². The second kappa shape index (κ2) is 10.5. The third-order valence-electron chi connectivity index (χ3n) is 9.69. The maximum Gasteiger partial charge on any atom is 0.227 e. The van der Waals surface area contributed by atoms with Gasteiger partial charge in [0.2, 0.25) is 5.71 Å². The van der Waals surface area contributed by atoms with E-state index in [1.165, 1.54) is 55.3 Å². The molecule has 0 radical (unpaired) electrons. The van der Waals surface area contributed by atoms with E-state index < -0.39 is 0 Å². The van der Waals surface area contributed by atoms with Gasteiger partial charge in [0.25, 0.3) is 0 Å². The van der Waals surface area contributed by atoms with Gasteiger partial charge in [-0.05, 0) is 110 Å². The molecular weight excluding hydrogens is 585 g/mol. The molecule has 3 nitrogen and oxygen atoms in total. The smallest absolute Gasteiger partial charge is 0.227 e. The van der Waals surface area contributed by atoms with E-state index in [-0.39, 0.29) is 0 Å². The fourth-order valence-electron chi connectivity index (χ4n) is 7.39. The van der Waals surface area contributed by atoms with Crippen molar-refractivity contribution < 1.29 is 4.42 Å². The van der Waals surface area contributed by atoms with Gasteiger partial charge in [-0.25, -0.2) is 4.98 Å². The topological polar surface area (TPSA) is 29.3 Å². The van der Waals surface area contributed by atoms with Gasteiger partial charge in [0.15, 0.2) is 0 Å². The number of hydrogen-bond acceptors (Lipinski definition) is 3. The van der Waals surface area contributed by atoms with Crippen molar-refractivity contribution in [2.24, 2.45) is 0 Å². The fraction of sp³-hybridized carbons (Fsp3) is 0. The molecule has 0 spiro atoms. The van der Waals surface area contributed by atoms with Gasteiger partial charge in [0.1, 0.15) is 5.58 Å². The van der Waals surface area contributed by atoms with Gasteiger partial charge >= 0.3 is 0 Å². The number of pyridine rings is 1. The summed E-state index contributed by atoms with van der Waals surface area (Å²) in [5.41, 5.74) is 14.7. The monoisotopic (exact) mass is 612 g/mol. The Morgan fingerprint density at radius 2 is 1.06 bits per heavy atom. The normalized spacial score (nSPS) is 11.8. The summed E-state index contributed by atoms with van der Waals surface area (Å²) in [7, 11) is 0. The molecular formula is C45H28N2O. The van der Waals surface area contributed by atoms with Gasteiger partial charge in [-0.15, -0.1) is 0 Å². The first-order chi connectivity index (χ1) is 23.8. The molecule has 7 aromatic carbocycles. The molecule has 0 atom stereocenters. The SMILES string of the molecule is c1ccc(-c2ccc(N(c3ccc(-c4ccc5c(c4)-c4cccc6cccc-5c46)cc3)c3ccc4c(c3)oc3ncccc34)cc2)cc1. The molecule has 0 saturated heterocycles. The Balaban J connectivity index is 1.06. The van der Waals surface area contributed by atoms with Gasteiger partial charge in [-0.3, -0.25) is 0 Å². The molecule has 0 amide bonds. The Bertz CT molecular complexity index is 2650. The average molecular weight is 613 g/mol. The minimum absolute atomic E-state index is 0.654. The van der Waals surface area contributed by atoms with Crippen LogP contribution in [0.2, 0.25) is 0 Å². The number of furan rings is 1. The Hall–Kier alpha value is -6.45. The summed E-state index contributed by atoms with van der Waals surface area (Å²) < 4.78 is 6.21. The zero-order chi connectivity index (χ0) is 31.6. The minimum Gasteiger partial charge on any atom is -0.438 e. The molecule has 0 aliphatic heterocycles. The number of fused-ring (bicyclic) bond motifs is 6. The van der Waals surface area contributed by atoms with Crippen LogP contribution >= 0.6 is 0 Å². The summed E-state index contributed by atoms with van der Waals surface area (Å²) in [5.74, 6) is 0. The van der Waals surface area contributed by atoms with Gasteiger partial charge < -0.3 is 9.32 Å². The molecule has 2 aromatic heterocycles. The van der Waals surface area contributed by atoms with Gasteiger partial charge in [-0.2, -0.15) is 0 Å². The number of anilines is 3. The first-order valence-corrected chi connectivity index (χ1v) is 16.3. The van der Waals surface area contributed by atoms with Crippen molar-refractivity contribution in [3.63, 3.8) is 0 Å². The highest BCUT2D eigenvalue weighted by Crippen LogP contribution is 2.48. The van der Waals surface area contributed by atoms with Crippen LogP contribution in [0.25, 0.3) is 77.3 Å². The van der Waals surface area contributed by atoms with E-state index in [1.54, 1.807) is 6.20 Å². The Morgan fingerprint density at radius 1 is 0.417 bits per heavy atom. The number of nitrogens with zero attached hydrogens (tertiary/aromatic N) is 2. The Labute approximate surface area is 278 Å².